The molecule has 1 N–H and O–H groups in total. The van der Waals surface area contributed by atoms with E-state index in [1.165, 1.54) is 18.4 Å². The van der Waals surface area contributed by atoms with Crippen molar-refractivity contribution >= 4 is 10.9 Å². The maximum atomic E-state index is 12.4. The minimum absolute atomic E-state index is 0.196. The topological polar surface area (TPSA) is 32.9 Å². The lowest BCUT2D eigenvalue weighted by Crippen LogP contribution is -2.12. The number of unbranched alkanes of at least 4 members (excludes halogenated alkanes) is 1. The molecule has 0 aliphatic carbocycles. The van der Waals surface area contributed by atoms with Crippen molar-refractivity contribution in [2.45, 2.75) is 46.5 Å². The smallest absolute Gasteiger partial charge is 0.192 e. The van der Waals surface area contributed by atoms with Gasteiger partial charge >= 0.3 is 0 Å². The molecule has 0 bridgehead atoms. The molecule has 0 unspecified atom stereocenters. The van der Waals surface area contributed by atoms with Gasteiger partial charge in [-0.3, -0.25) is 4.79 Å². The number of hydrogen-bond acceptors (Lipinski definition) is 1. The standard InChI is InChI=1S/C16H21NO/c1-4-6-7-12-8-9-15-14(10-12)16(18)13(5-2)11(3)17-15/h8-10H,4-7H2,1-3H3,(H,17,18). The summed E-state index contributed by atoms with van der Waals surface area (Å²) in [5, 5.41) is 0.839. The fourth-order valence-corrected chi connectivity index (χ4v) is 2.46. The molecule has 1 heterocycles. The number of aryl methyl sites for hydroxylation is 2. The molecule has 0 amide bonds. The van der Waals surface area contributed by atoms with Crippen LogP contribution >= 0.6 is 0 Å². The highest BCUT2D eigenvalue weighted by molar-refractivity contribution is 5.80. The van der Waals surface area contributed by atoms with Crippen molar-refractivity contribution in [2.75, 3.05) is 0 Å². The van der Waals surface area contributed by atoms with Crippen LogP contribution < -0.4 is 5.43 Å². The van der Waals surface area contributed by atoms with Gasteiger partial charge in [0.25, 0.3) is 0 Å². The largest absolute Gasteiger partial charge is 0.358 e. The highest BCUT2D eigenvalue weighted by Gasteiger charge is 2.08. The molecular weight excluding hydrogens is 222 g/mol. The molecule has 0 fully saturated rings. The van der Waals surface area contributed by atoms with Crippen molar-refractivity contribution in [1.29, 1.82) is 0 Å². The summed E-state index contributed by atoms with van der Waals surface area (Å²) in [4.78, 5) is 15.7. The lowest BCUT2D eigenvalue weighted by Gasteiger charge is -2.07. The summed E-state index contributed by atoms with van der Waals surface area (Å²) < 4.78 is 0. The number of benzene rings is 1. The van der Waals surface area contributed by atoms with Crippen molar-refractivity contribution in [3.05, 3.63) is 45.2 Å². The van der Waals surface area contributed by atoms with Crippen LogP contribution in [0.4, 0.5) is 0 Å². The molecular formula is C16H21NO. The van der Waals surface area contributed by atoms with Crippen molar-refractivity contribution in [3.8, 4) is 0 Å². The number of rotatable bonds is 4. The summed E-state index contributed by atoms with van der Waals surface area (Å²) in [5.74, 6) is 0. The van der Waals surface area contributed by atoms with E-state index in [2.05, 4.69) is 24.0 Å². The van der Waals surface area contributed by atoms with E-state index in [4.69, 9.17) is 0 Å². The molecule has 18 heavy (non-hydrogen) atoms. The Balaban J connectivity index is 2.58. The molecule has 1 aromatic carbocycles. The fraction of sp³-hybridized carbons (Fsp3) is 0.438. The number of nitrogens with one attached hydrogen (secondary N) is 1. The van der Waals surface area contributed by atoms with E-state index >= 15 is 0 Å². The molecule has 1 aromatic heterocycles. The number of aromatic nitrogens is 1. The van der Waals surface area contributed by atoms with Crippen molar-refractivity contribution in [1.82, 2.24) is 4.98 Å². The second-order valence-electron chi connectivity index (χ2n) is 4.89. The predicted octanol–water partition coefficient (Wildman–Crippen LogP) is 3.74. The SMILES string of the molecule is CCCCc1ccc2[nH]c(C)c(CC)c(=O)c2c1. The van der Waals surface area contributed by atoms with Crippen LogP contribution in [0.2, 0.25) is 0 Å². The first kappa shape index (κ1) is 12.9. The minimum atomic E-state index is 0.196. The number of H-pyrrole nitrogens is 1. The molecule has 2 heteroatoms. The average Bonchev–Trinajstić information content (AvgIpc) is 2.37. The maximum Gasteiger partial charge on any atom is 0.192 e. The Morgan fingerprint density at radius 1 is 1.22 bits per heavy atom. The monoisotopic (exact) mass is 243 g/mol. The van der Waals surface area contributed by atoms with E-state index in [1.54, 1.807) is 0 Å². The van der Waals surface area contributed by atoms with Crippen LogP contribution in [0.25, 0.3) is 10.9 Å². The Morgan fingerprint density at radius 2 is 2.00 bits per heavy atom. The normalized spacial score (nSPS) is 11.1. The zero-order valence-electron chi connectivity index (χ0n) is 11.5. The molecule has 0 spiro atoms. The lowest BCUT2D eigenvalue weighted by atomic mass is 10.0. The van der Waals surface area contributed by atoms with Gasteiger partial charge < -0.3 is 4.98 Å². The number of hydrogen-bond donors (Lipinski definition) is 1. The third-order valence-corrected chi connectivity index (χ3v) is 3.55. The molecule has 0 radical (unpaired) electrons. The van der Waals surface area contributed by atoms with E-state index in [0.717, 1.165) is 35.0 Å². The summed E-state index contributed by atoms with van der Waals surface area (Å²) in [6.45, 7) is 6.20. The Labute approximate surface area is 108 Å². The Kier molecular flexibility index (Phi) is 3.85. The zero-order chi connectivity index (χ0) is 13.1. The molecule has 2 rings (SSSR count). The van der Waals surface area contributed by atoms with Crippen molar-refractivity contribution in [3.63, 3.8) is 0 Å². The first-order valence-corrected chi connectivity index (χ1v) is 6.81. The average molecular weight is 243 g/mol. The molecule has 2 aromatic rings. The Hall–Kier alpha value is -1.57. The van der Waals surface area contributed by atoms with Crippen LogP contribution in [0.3, 0.4) is 0 Å². The maximum absolute atomic E-state index is 12.4. The van der Waals surface area contributed by atoms with Crippen LogP contribution in [0.1, 0.15) is 43.5 Å². The van der Waals surface area contributed by atoms with Gasteiger partial charge in [-0.15, -0.1) is 0 Å². The van der Waals surface area contributed by atoms with Crippen LogP contribution in [0.15, 0.2) is 23.0 Å². The van der Waals surface area contributed by atoms with Gasteiger partial charge in [0.15, 0.2) is 5.43 Å². The van der Waals surface area contributed by atoms with Gasteiger partial charge in [0.2, 0.25) is 0 Å². The van der Waals surface area contributed by atoms with Gasteiger partial charge in [-0.05, 0) is 43.9 Å². The summed E-state index contributed by atoms with van der Waals surface area (Å²) in [5.41, 5.74) is 4.32. The van der Waals surface area contributed by atoms with E-state index in [0.29, 0.717) is 0 Å². The van der Waals surface area contributed by atoms with Gasteiger partial charge in [0.05, 0.1) is 0 Å². The predicted molar refractivity (Wildman–Crippen MR) is 77.3 cm³/mol. The highest BCUT2D eigenvalue weighted by atomic mass is 16.1. The molecule has 96 valence electrons. The Morgan fingerprint density at radius 3 is 2.67 bits per heavy atom. The van der Waals surface area contributed by atoms with Crippen molar-refractivity contribution < 1.29 is 0 Å². The minimum Gasteiger partial charge on any atom is -0.358 e. The zero-order valence-corrected chi connectivity index (χ0v) is 11.5. The molecule has 0 saturated carbocycles. The van der Waals surface area contributed by atoms with Gasteiger partial charge in [0.1, 0.15) is 0 Å². The molecule has 0 atom stereocenters. The Bertz CT molecular complexity index is 610. The van der Waals surface area contributed by atoms with Gasteiger partial charge in [-0.1, -0.05) is 26.3 Å². The highest BCUT2D eigenvalue weighted by Crippen LogP contribution is 2.15. The third kappa shape index (κ3) is 2.33. The van der Waals surface area contributed by atoms with Crippen molar-refractivity contribution in [2.24, 2.45) is 0 Å². The first-order chi connectivity index (χ1) is 8.67. The summed E-state index contributed by atoms with van der Waals surface area (Å²) in [6.07, 6.45) is 4.20. The molecule has 0 aliphatic rings. The second kappa shape index (κ2) is 5.38. The first-order valence-electron chi connectivity index (χ1n) is 6.81. The molecule has 2 nitrogen and oxygen atoms in total. The second-order valence-corrected chi connectivity index (χ2v) is 4.89. The van der Waals surface area contributed by atoms with E-state index in [1.807, 2.05) is 19.9 Å². The quantitative estimate of drug-likeness (QED) is 0.871. The third-order valence-electron chi connectivity index (χ3n) is 3.55. The van der Waals surface area contributed by atoms with Gasteiger partial charge in [-0.2, -0.15) is 0 Å². The summed E-state index contributed by atoms with van der Waals surface area (Å²) >= 11 is 0. The van der Waals surface area contributed by atoms with E-state index < -0.39 is 0 Å². The van der Waals surface area contributed by atoms with Crippen LogP contribution in [0.5, 0.6) is 0 Å². The van der Waals surface area contributed by atoms with Gasteiger partial charge in [0, 0.05) is 22.2 Å². The number of pyridine rings is 1. The number of aromatic amines is 1. The lowest BCUT2D eigenvalue weighted by molar-refractivity contribution is 0.796. The molecule has 0 saturated heterocycles. The van der Waals surface area contributed by atoms with E-state index in [-0.39, 0.29) is 5.43 Å². The summed E-state index contributed by atoms with van der Waals surface area (Å²) in [6, 6.07) is 6.22. The van der Waals surface area contributed by atoms with Gasteiger partial charge in [-0.25, -0.2) is 0 Å². The van der Waals surface area contributed by atoms with E-state index in [9.17, 15) is 4.79 Å². The van der Waals surface area contributed by atoms with Crippen LogP contribution in [0, 0.1) is 6.92 Å². The van der Waals surface area contributed by atoms with Crippen LogP contribution in [-0.2, 0) is 12.8 Å². The number of fused-ring (bicyclic) bond motifs is 1. The summed E-state index contributed by atoms with van der Waals surface area (Å²) in [7, 11) is 0. The van der Waals surface area contributed by atoms with Crippen LogP contribution in [-0.4, -0.2) is 4.98 Å². The fourth-order valence-electron chi connectivity index (χ4n) is 2.46. The molecule has 0 aliphatic heterocycles.